The molecule has 0 radical (unpaired) electrons. The molecule has 0 aromatic carbocycles. The van der Waals surface area contributed by atoms with Gasteiger partial charge in [-0.2, -0.15) is 0 Å². The molecule has 0 unspecified atom stereocenters. The maximum atomic E-state index is 5.39. The molecule has 60 valence electrons. The van der Waals surface area contributed by atoms with Crippen molar-refractivity contribution in [3.05, 3.63) is 0 Å². The van der Waals surface area contributed by atoms with E-state index in [0.29, 0.717) is 6.10 Å². The maximum Gasteiger partial charge on any atom is 0.104 e. The Labute approximate surface area is 61.7 Å². The van der Waals surface area contributed by atoms with Gasteiger partial charge in [0.25, 0.3) is 0 Å². The molecule has 1 aliphatic rings. The first kappa shape index (κ1) is 7.98. The Morgan fingerprint density at radius 3 is 2.90 bits per heavy atom. The summed E-state index contributed by atoms with van der Waals surface area (Å²) >= 11 is 0. The molecule has 1 aliphatic heterocycles. The summed E-state index contributed by atoms with van der Waals surface area (Å²) in [4.78, 5) is 0. The molecule has 10 heavy (non-hydrogen) atoms. The van der Waals surface area contributed by atoms with Crippen LogP contribution < -0.4 is 5.32 Å². The Bertz CT molecular complexity index is 83.7. The number of rotatable bonds is 5. The second kappa shape index (κ2) is 4.66. The topological polar surface area (TPSA) is 30.5 Å². The summed E-state index contributed by atoms with van der Waals surface area (Å²) in [5, 5.41) is 3.19. The van der Waals surface area contributed by atoms with Crippen molar-refractivity contribution in [2.75, 3.05) is 32.9 Å². The van der Waals surface area contributed by atoms with Crippen LogP contribution in [-0.4, -0.2) is 39.0 Å². The van der Waals surface area contributed by atoms with Crippen LogP contribution in [0.15, 0.2) is 0 Å². The van der Waals surface area contributed by atoms with Crippen molar-refractivity contribution in [1.29, 1.82) is 0 Å². The van der Waals surface area contributed by atoms with Crippen molar-refractivity contribution < 1.29 is 9.47 Å². The molecular formula is C7H15NO2. The highest BCUT2D eigenvalue weighted by Crippen LogP contribution is 2.03. The first-order valence-corrected chi connectivity index (χ1v) is 3.83. The van der Waals surface area contributed by atoms with Crippen LogP contribution >= 0.6 is 0 Å². The van der Waals surface area contributed by atoms with Crippen molar-refractivity contribution >= 4 is 0 Å². The molecule has 0 saturated carbocycles. The molecule has 0 bridgehead atoms. The number of ether oxygens (including phenoxy) is 2. The normalized spacial score (nSPS) is 18.9. The molecule has 0 amide bonds. The molecule has 0 aliphatic carbocycles. The van der Waals surface area contributed by atoms with Crippen LogP contribution in [0.3, 0.4) is 0 Å². The van der Waals surface area contributed by atoms with E-state index in [9.17, 15) is 0 Å². The quantitative estimate of drug-likeness (QED) is 0.553. The summed E-state index contributed by atoms with van der Waals surface area (Å²) in [6, 6.07) is 0. The van der Waals surface area contributed by atoms with Gasteiger partial charge in [0.2, 0.25) is 0 Å². The van der Waals surface area contributed by atoms with Crippen LogP contribution in [0.4, 0.5) is 0 Å². The van der Waals surface area contributed by atoms with Gasteiger partial charge in [-0.15, -0.1) is 0 Å². The van der Waals surface area contributed by atoms with Crippen molar-refractivity contribution in [2.45, 2.75) is 13.0 Å². The lowest BCUT2D eigenvalue weighted by Crippen LogP contribution is -2.37. The van der Waals surface area contributed by atoms with Crippen molar-refractivity contribution in [2.24, 2.45) is 0 Å². The Balaban J connectivity index is 1.76. The van der Waals surface area contributed by atoms with Crippen LogP contribution in [0.1, 0.15) is 6.92 Å². The predicted molar refractivity (Wildman–Crippen MR) is 39.1 cm³/mol. The predicted octanol–water partition coefficient (Wildman–Crippen LogP) is 0.0113. The summed E-state index contributed by atoms with van der Waals surface area (Å²) in [7, 11) is 0. The Morgan fingerprint density at radius 2 is 2.40 bits per heavy atom. The maximum absolute atomic E-state index is 5.39. The van der Waals surface area contributed by atoms with Gasteiger partial charge in [0.1, 0.15) is 6.10 Å². The first-order chi connectivity index (χ1) is 4.93. The van der Waals surface area contributed by atoms with Crippen LogP contribution in [0.5, 0.6) is 0 Å². The lowest BCUT2D eigenvalue weighted by atomic mass is 10.3. The minimum Gasteiger partial charge on any atom is -0.376 e. The molecule has 0 aromatic rings. The fourth-order valence-corrected chi connectivity index (χ4v) is 0.785. The van der Waals surface area contributed by atoms with Gasteiger partial charge in [0.05, 0.1) is 19.8 Å². The van der Waals surface area contributed by atoms with E-state index in [0.717, 1.165) is 32.9 Å². The molecule has 3 nitrogen and oxygen atoms in total. The SMILES string of the molecule is CCNCCOC1COC1. The lowest BCUT2D eigenvalue weighted by Gasteiger charge is -2.25. The zero-order valence-corrected chi connectivity index (χ0v) is 6.43. The average Bonchev–Trinajstić information content (AvgIpc) is 1.84. The fourth-order valence-electron chi connectivity index (χ4n) is 0.785. The highest BCUT2D eigenvalue weighted by Gasteiger charge is 2.17. The number of likely N-dealkylation sites (N-methyl/N-ethyl adjacent to an activating group) is 1. The Morgan fingerprint density at radius 1 is 1.60 bits per heavy atom. The lowest BCUT2D eigenvalue weighted by molar-refractivity contribution is -0.128. The minimum atomic E-state index is 0.374. The van der Waals surface area contributed by atoms with Crippen LogP contribution in [0.2, 0.25) is 0 Å². The Kier molecular flexibility index (Phi) is 3.72. The summed E-state index contributed by atoms with van der Waals surface area (Å²) in [5.74, 6) is 0. The summed E-state index contributed by atoms with van der Waals surface area (Å²) in [6.07, 6.45) is 0.374. The van der Waals surface area contributed by atoms with Gasteiger partial charge in [0.15, 0.2) is 0 Å². The molecule has 0 aromatic heterocycles. The van der Waals surface area contributed by atoms with E-state index in [4.69, 9.17) is 9.47 Å². The molecule has 1 saturated heterocycles. The van der Waals surface area contributed by atoms with E-state index < -0.39 is 0 Å². The van der Waals surface area contributed by atoms with E-state index in [1.54, 1.807) is 0 Å². The van der Waals surface area contributed by atoms with Gasteiger partial charge in [-0.25, -0.2) is 0 Å². The van der Waals surface area contributed by atoms with Crippen LogP contribution in [-0.2, 0) is 9.47 Å². The van der Waals surface area contributed by atoms with E-state index in [-0.39, 0.29) is 0 Å². The van der Waals surface area contributed by atoms with Crippen molar-refractivity contribution in [1.82, 2.24) is 5.32 Å². The summed E-state index contributed by atoms with van der Waals surface area (Å²) in [6.45, 7) is 6.43. The largest absolute Gasteiger partial charge is 0.376 e. The van der Waals surface area contributed by atoms with E-state index in [2.05, 4.69) is 12.2 Å². The molecule has 3 heteroatoms. The molecular weight excluding hydrogens is 130 g/mol. The second-order valence-electron chi connectivity index (χ2n) is 2.38. The summed E-state index contributed by atoms with van der Waals surface area (Å²) in [5.41, 5.74) is 0. The highest BCUT2D eigenvalue weighted by molar-refractivity contribution is 4.63. The van der Waals surface area contributed by atoms with Gasteiger partial charge in [-0.3, -0.25) is 0 Å². The molecule has 0 atom stereocenters. The summed E-state index contributed by atoms with van der Waals surface area (Å²) < 4.78 is 10.3. The second-order valence-corrected chi connectivity index (χ2v) is 2.38. The zero-order chi connectivity index (χ0) is 7.23. The third-order valence-electron chi connectivity index (χ3n) is 1.49. The van der Waals surface area contributed by atoms with E-state index >= 15 is 0 Å². The number of hydrogen-bond donors (Lipinski definition) is 1. The fraction of sp³-hybridized carbons (Fsp3) is 1.00. The standard InChI is InChI=1S/C7H15NO2/c1-2-8-3-4-10-7-5-9-6-7/h7-8H,2-6H2,1H3. The number of nitrogens with one attached hydrogen (secondary N) is 1. The van der Waals surface area contributed by atoms with E-state index in [1.165, 1.54) is 0 Å². The van der Waals surface area contributed by atoms with E-state index in [1.807, 2.05) is 0 Å². The minimum absolute atomic E-state index is 0.374. The molecule has 1 heterocycles. The van der Waals surface area contributed by atoms with Crippen LogP contribution in [0, 0.1) is 0 Å². The molecule has 1 rings (SSSR count). The first-order valence-electron chi connectivity index (χ1n) is 3.83. The van der Waals surface area contributed by atoms with Gasteiger partial charge in [-0.1, -0.05) is 6.92 Å². The van der Waals surface area contributed by atoms with Crippen molar-refractivity contribution in [3.63, 3.8) is 0 Å². The van der Waals surface area contributed by atoms with Crippen molar-refractivity contribution in [3.8, 4) is 0 Å². The van der Waals surface area contributed by atoms with Gasteiger partial charge in [-0.05, 0) is 6.54 Å². The van der Waals surface area contributed by atoms with Gasteiger partial charge in [0, 0.05) is 6.54 Å². The van der Waals surface area contributed by atoms with Gasteiger partial charge < -0.3 is 14.8 Å². The monoisotopic (exact) mass is 145 g/mol. The average molecular weight is 145 g/mol. The third kappa shape index (κ3) is 2.64. The zero-order valence-electron chi connectivity index (χ0n) is 6.43. The molecule has 0 spiro atoms. The molecule has 1 N–H and O–H groups in total. The number of hydrogen-bond acceptors (Lipinski definition) is 3. The van der Waals surface area contributed by atoms with Gasteiger partial charge >= 0.3 is 0 Å². The molecule has 1 fully saturated rings. The smallest absolute Gasteiger partial charge is 0.104 e. The van der Waals surface area contributed by atoms with Crippen LogP contribution in [0.25, 0.3) is 0 Å². The third-order valence-corrected chi connectivity index (χ3v) is 1.49. The highest BCUT2D eigenvalue weighted by atomic mass is 16.6. The Hall–Kier alpha value is -0.120.